The molecule has 0 N–H and O–H groups in total. The van der Waals surface area contributed by atoms with E-state index in [9.17, 15) is 0 Å². The summed E-state index contributed by atoms with van der Waals surface area (Å²) in [5.41, 5.74) is 1.74. The van der Waals surface area contributed by atoms with Crippen molar-refractivity contribution in [3.63, 3.8) is 0 Å². The number of hydrogen-bond donors (Lipinski definition) is 0. The molecule has 124 valence electrons. The van der Waals surface area contributed by atoms with Gasteiger partial charge in [-0.2, -0.15) is 0 Å². The zero-order valence-corrected chi connectivity index (χ0v) is 15.2. The maximum absolute atomic E-state index is 6.09. The quantitative estimate of drug-likeness (QED) is 0.684. The van der Waals surface area contributed by atoms with Gasteiger partial charge in [-0.15, -0.1) is 0 Å². The van der Waals surface area contributed by atoms with Crippen molar-refractivity contribution in [2.75, 3.05) is 27.8 Å². The van der Waals surface area contributed by atoms with Crippen LogP contribution >= 0.6 is 11.6 Å². The van der Waals surface area contributed by atoms with E-state index >= 15 is 0 Å². The molecule has 0 bridgehead atoms. The van der Waals surface area contributed by atoms with Crippen LogP contribution in [0.2, 0.25) is 5.02 Å². The van der Waals surface area contributed by atoms with Crippen molar-refractivity contribution in [2.24, 2.45) is 5.92 Å². The van der Waals surface area contributed by atoms with Crippen LogP contribution in [0.25, 0.3) is 0 Å². The molecule has 0 radical (unpaired) electrons. The van der Waals surface area contributed by atoms with Crippen molar-refractivity contribution in [3.05, 3.63) is 34.9 Å². The van der Waals surface area contributed by atoms with Gasteiger partial charge in [0.2, 0.25) is 0 Å². The number of halogens is 1. The van der Waals surface area contributed by atoms with E-state index in [0.717, 1.165) is 11.6 Å². The van der Waals surface area contributed by atoms with Crippen LogP contribution in [0.3, 0.4) is 0 Å². The minimum atomic E-state index is 0.287. The van der Waals surface area contributed by atoms with Gasteiger partial charge in [0.15, 0.2) is 0 Å². The molecule has 0 amide bonds. The Labute approximate surface area is 140 Å². The third kappa shape index (κ3) is 3.67. The number of benzene rings is 1. The molecule has 22 heavy (non-hydrogen) atoms. The number of rotatable bonds is 8. The Morgan fingerprint density at radius 2 is 1.86 bits per heavy atom. The molecule has 1 aliphatic rings. The lowest BCUT2D eigenvalue weighted by Gasteiger charge is -2.52. The number of likely N-dealkylation sites (N-methyl/N-ethyl adjacent to an activating group) is 1. The first kappa shape index (κ1) is 17.8. The zero-order chi connectivity index (χ0) is 16.2. The molecule has 1 aromatic carbocycles. The first-order valence-corrected chi connectivity index (χ1v) is 8.82. The highest BCUT2D eigenvalue weighted by Gasteiger charge is 2.46. The van der Waals surface area contributed by atoms with Gasteiger partial charge in [-0.1, -0.05) is 43.5 Å². The van der Waals surface area contributed by atoms with Crippen molar-refractivity contribution >= 4 is 11.6 Å². The van der Waals surface area contributed by atoms with Crippen molar-refractivity contribution in [1.29, 1.82) is 0 Å². The molecule has 0 heterocycles. The average Bonchev–Trinajstić information content (AvgIpc) is 2.45. The van der Waals surface area contributed by atoms with E-state index in [1.807, 2.05) is 19.2 Å². The maximum Gasteiger partial charge on any atom is 0.0490 e. The smallest absolute Gasteiger partial charge is 0.0490 e. The van der Waals surface area contributed by atoms with Crippen molar-refractivity contribution in [2.45, 2.75) is 50.5 Å². The predicted octanol–water partition coefficient (Wildman–Crippen LogP) is 4.75. The lowest BCUT2D eigenvalue weighted by Crippen LogP contribution is -2.53. The highest BCUT2D eigenvalue weighted by molar-refractivity contribution is 6.30. The average molecular weight is 324 g/mol. The van der Waals surface area contributed by atoms with Gasteiger partial charge in [0.1, 0.15) is 0 Å². The number of ether oxygens (including phenoxy) is 1. The van der Waals surface area contributed by atoms with Gasteiger partial charge >= 0.3 is 0 Å². The molecule has 0 aliphatic heterocycles. The highest BCUT2D eigenvalue weighted by Crippen LogP contribution is 2.49. The summed E-state index contributed by atoms with van der Waals surface area (Å²) in [6.45, 7) is 3.13. The third-order valence-electron chi connectivity index (χ3n) is 5.46. The van der Waals surface area contributed by atoms with Crippen LogP contribution in [-0.2, 0) is 10.2 Å². The van der Waals surface area contributed by atoms with Crippen molar-refractivity contribution in [3.8, 4) is 0 Å². The van der Waals surface area contributed by atoms with Crippen LogP contribution in [0.5, 0.6) is 0 Å². The van der Waals surface area contributed by atoms with Gasteiger partial charge in [0, 0.05) is 30.2 Å². The fourth-order valence-corrected chi connectivity index (χ4v) is 4.11. The van der Waals surface area contributed by atoms with Gasteiger partial charge in [-0.3, -0.25) is 0 Å². The standard InChI is InChI=1S/C19H30ClNO/c1-5-15(14-22-4)13-18(21(2)3)19(11-6-12-19)16-7-9-17(20)10-8-16/h7-10,15,18H,5-6,11-14H2,1-4H3. The van der Waals surface area contributed by atoms with Crippen LogP contribution in [0.4, 0.5) is 0 Å². The number of hydrogen-bond acceptors (Lipinski definition) is 2. The summed E-state index contributed by atoms with van der Waals surface area (Å²) in [7, 11) is 6.26. The van der Waals surface area contributed by atoms with Gasteiger partial charge in [0.05, 0.1) is 0 Å². The Kier molecular flexibility index (Phi) is 6.31. The molecule has 2 atom stereocenters. The largest absolute Gasteiger partial charge is 0.384 e. The number of methoxy groups -OCH3 is 1. The molecular formula is C19H30ClNO. The molecule has 2 unspecified atom stereocenters. The molecule has 0 spiro atoms. The Bertz CT molecular complexity index is 453. The Morgan fingerprint density at radius 1 is 1.23 bits per heavy atom. The molecule has 2 nitrogen and oxygen atoms in total. The topological polar surface area (TPSA) is 12.5 Å². The van der Waals surface area contributed by atoms with E-state index in [1.54, 1.807) is 0 Å². The third-order valence-corrected chi connectivity index (χ3v) is 5.71. The molecule has 2 rings (SSSR count). The van der Waals surface area contributed by atoms with E-state index < -0.39 is 0 Å². The number of nitrogens with zero attached hydrogens (tertiary/aromatic N) is 1. The van der Waals surface area contributed by atoms with Gasteiger partial charge in [-0.25, -0.2) is 0 Å². The van der Waals surface area contributed by atoms with Crippen LogP contribution in [0.15, 0.2) is 24.3 Å². The molecule has 1 fully saturated rings. The van der Waals surface area contributed by atoms with Gasteiger partial charge in [-0.05, 0) is 57.0 Å². The normalized spacial score (nSPS) is 19.7. The summed E-state index contributed by atoms with van der Waals surface area (Å²) >= 11 is 6.09. The fourth-order valence-electron chi connectivity index (χ4n) is 3.99. The summed E-state index contributed by atoms with van der Waals surface area (Å²) in [5, 5.41) is 0.824. The van der Waals surface area contributed by atoms with Crippen molar-refractivity contribution < 1.29 is 4.74 Å². The molecule has 0 saturated heterocycles. The monoisotopic (exact) mass is 323 g/mol. The lowest BCUT2D eigenvalue weighted by molar-refractivity contribution is 0.0574. The van der Waals surface area contributed by atoms with E-state index in [0.29, 0.717) is 12.0 Å². The van der Waals surface area contributed by atoms with E-state index in [4.69, 9.17) is 16.3 Å². The van der Waals surface area contributed by atoms with E-state index in [-0.39, 0.29) is 5.41 Å². The van der Waals surface area contributed by atoms with Gasteiger partial charge < -0.3 is 9.64 Å². The minimum absolute atomic E-state index is 0.287. The molecule has 1 saturated carbocycles. The molecule has 3 heteroatoms. The predicted molar refractivity (Wildman–Crippen MR) is 94.7 cm³/mol. The van der Waals surface area contributed by atoms with Gasteiger partial charge in [0.25, 0.3) is 0 Å². The second-order valence-electron chi connectivity index (χ2n) is 6.96. The Balaban J connectivity index is 2.25. The highest BCUT2D eigenvalue weighted by atomic mass is 35.5. The molecule has 1 aromatic rings. The summed E-state index contributed by atoms with van der Waals surface area (Å²) in [5.74, 6) is 0.627. The maximum atomic E-state index is 6.09. The summed E-state index contributed by atoms with van der Waals surface area (Å²) in [4.78, 5) is 2.42. The van der Waals surface area contributed by atoms with Crippen LogP contribution in [-0.4, -0.2) is 38.8 Å². The molecule has 0 aromatic heterocycles. The second-order valence-corrected chi connectivity index (χ2v) is 7.40. The first-order valence-electron chi connectivity index (χ1n) is 8.45. The van der Waals surface area contributed by atoms with Crippen LogP contribution in [0, 0.1) is 5.92 Å². The summed E-state index contributed by atoms with van der Waals surface area (Å²) in [6, 6.07) is 9.10. The van der Waals surface area contributed by atoms with Crippen LogP contribution in [0.1, 0.15) is 44.6 Å². The lowest BCUT2D eigenvalue weighted by atomic mass is 9.58. The molecule has 1 aliphatic carbocycles. The fraction of sp³-hybridized carbons (Fsp3) is 0.684. The minimum Gasteiger partial charge on any atom is -0.384 e. The SMILES string of the molecule is CCC(COC)CC(N(C)C)C1(c2ccc(Cl)cc2)CCC1. The van der Waals surface area contributed by atoms with Crippen LogP contribution < -0.4 is 0 Å². The van der Waals surface area contributed by atoms with E-state index in [1.165, 1.54) is 37.7 Å². The Morgan fingerprint density at radius 3 is 2.27 bits per heavy atom. The zero-order valence-electron chi connectivity index (χ0n) is 14.4. The summed E-state index contributed by atoms with van der Waals surface area (Å²) < 4.78 is 5.43. The Hall–Kier alpha value is -0.570. The van der Waals surface area contributed by atoms with Crippen molar-refractivity contribution in [1.82, 2.24) is 4.90 Å². The second kappa shape index (κ2) is 7.81. The van der Waals surface area contributed by atoms with E-state index in [2.05, 4.69) is 38.1 Å². The summed E-state index contributed by atoms with van der Waals surface area (Å²) in [6.07, 6.45) is 6.25. The molecular weight excluding hydrogens is 294 g/mol. The first-order chi connectivity index (χ1) is 10.5.